The second kappa shape index (κ2) is 22.1. The molecule has 0 aliphatic carbocycles. The van der Waals surface area contributed by atoms with Crippen LogP contribution in [0.4, 0.5) is 4.39 Å². The molecule has 0 radical (unpaired) electrons. The third-order valence-corrected chi connectivity index (χ3v) is 8.27. The molecule has 2 heterocycles. The van der Waals surface area contributed by atoms with Gasteiger partial charge in [-0.1, -0.05) is 97.3 Å². The Labute approximate surface area is 248 Å². The Morgan fingerprint density at radius 2 is 1.50 bits per heavy atom. The molecule has 4 unspecified atom stereocenters. The van der Waals surface area contributed by atoms with Gasteiger partial charge in [-0.25, -0.2) is 14.2 Å². The number of phosphoric acid groups is 1. The number of aromatic amines is 1. The maximum Gasteiger partial charge on any atom is 0.502 e. The van der Waals surface area contributed by atoms with E-state index in [0.717, 1.165) is 23.8 Å². The van der Waals surface area contributed by atoms with Crippen LogP contribution in [0, 0.1) is 5.82 Å². The third kappa shape index (κ3) is 14.8. The summed E-state index contributed by atoms with van der Waals surface area (Å²) in [6.07, 6.45) is 15.3. The lowest BCUT2D eigenvalue weighted by Crippen LogP contribution is -2.34. The number of hydrogen-bond donors (Lipinski definition) is 3. The molecule has 1 aliphatic heterocycles. The molecule has 42 heavy (non-hydrogen) atoms. The van der Waals surface area contributed by atoms with Gasteiger partial charge in [0.25, 0.3) is 5.56 Å². The van der Waals surface area contributed by atoms with Gasteiger partial charge in [0.1, 0.15) is 12.3 Å². The van der Waals surface area contributed by atoms with E-state index in [2.05, 4.69) is 6.92 Å². The molecule has 1 aromatic rings. The van der Waals surface area contributed by atoms with Crippen LogP contribution in [0.3, 0.4) is 0 Å². The monoisotopic (exact) mass is 625 g/mol. The lowest BCUT2D eigenvalue weighted by molar-refractivity contribution is -0.229. The zero-order chi connectivity index (χ0) is 29.9. The minimum absolute atomic E-state index is 0. The molecule has 246 valence electrons. The summed E-state index contributed by atoms with van der Waals surface area (Å²) >= 11 is 0. The van der Waals surface area contributed by atoms with E-state index >= 15 is 0 Å². The van der Waals surface area contributed by atoms with Crippen molar-refractivity contribution in [2.45, 2.75) is 135 Å². The summed E-state index contributed by atoms with van der Waals surface area (Å²) in [5.74, 6) is -1.16. The molecule has 0 bridgehead atoms. The first kappa shape index (κ1) is 38.6. The minimum Gasteiger partial charge on any atom is -0.390 e. The molecule has 12 nitrogen and oxygen atoms in total. The Morgan fingerprint density at radius 1 is 0.929 bits per heavy atom. The topological polar surface area (TPSA) is 173 Å². The van der Waals surface area contributed by atoms with Crippen LogP contribution in [0.15, 0.2) is 15.8 Å². The lowest BCUT2D eigenvalue weighted by atomic mass is 10.0. The standard InChI is InChI=1S/C28H50FN2O9P.H3N/c1-3-5-6-7-8-9-10-11-12-13-14-15-16-17-19-36-40-41(35,37-18-4-2)38-22-25-24(32)20-26(39-25)31-21-23(29)27(33)30-28(31)34;/h21,24-26,32H,3-20,22H2,1-2H3,(H,30,33,34);1H3. The number of rotatable bonds is 24. The summed E-state index contributed by atoms with van der Waals surface area (Å²) in [4.78, 5) is 30.2. The average Bonchev–Trinajstić information content (AvgIpc) is 3.32. The van der Waals surface area contributed by atoms with E-state index in [0.29, 0.717) is 12.6 Å². The molecule has 5 N–H and O–H groups in total. The molecule has 1 aliphatic rings. The van der Waals surface area contributed by atoms with Crippen molar-refractivity contribution in [2.75, 3.05) is 19.8 Å². The molecule has 0 spiro atoms. The van der Waals surface area contributed by atoms with Crippen molar-refractivity contribution in [2.24, 2.45) is 0 Å². The Hall–Kier alpha value is -1.44. The van der Waals surface area contributed by atoms with Crippen LogP contribution >= 0.6 is 7.82 Å². The molecule has 4 atom stereocenters. The Balaban J connectivity index is 0.00000882. The number of nitrogens with zero attached hydrogens (tertiary/aromatic N) is 1. The van der Waals surface area contributed by atoms with E-state index in [1.54, 1.807) is 0 Å². The Morgan fingerprint density at radius 3 is 2.07 bits per heavy atom. The van der Waals surface area contributed by atoms with Crippen LogP contribution in [0.25, 0.3) is 0 Å². The summed E-state index contributed by atoms with van der Waals surface area (Å²) < 4.78 is 48.7. The third-order valence-electron chi connectivity index (χ3n) is 7.01. The van der Waals surface area contributed by atoms with Crippen LogP contribution in [-0.4, -0.2) is 46.7 Å². The maximum absolute atomic E-state index is 13.6. The van der Waals surface area contributed by atoms with Gasteiger partial charge in [0.2, 0.25) is 5.82 Å². The highest BCUT2D eigenvalue weighted by Gasteiger charge is 2.39. The number of aliphatic hydroxyl groups is 1. The second-order valence-corrected chi connectivity index (χ2v) is 12.2. The summed E-state index contributed by atoms with van der Waals surface area (Å²) in [7, 11) is -4.11. The van der Waals surface area contributed by atoms with Crippen LogP contribution in [-0.2, 0) is 27.9 Å². The minimum atomic E-state index is -4.11. The van der Waals surface area contributed by atoms with Crippen molar-refractivity contribution in [3.8, 4) is 0 Å². The van der Waals surface area contributed by atoms with Crippen molar-refractivity contribution >= 4 is 7.82 Å². The highest BCUT2D eigenvalue weighted by atomic mass is 31.2. The van der Waals surface area contributed by atoms with Crippen molar-refractivity contribution < 1.29 is 37.4 Å². The maximum atomic E-state index is 13.6. The van der Waals surface area contributed by atoms with Gasteiger partial charge in [0.15, 0.2) is 0 Å². The van der Waals surface area contributed by atoms with Crippen LogP contribution in [0.5, 0.6) is 0 Å². The number of unbranched alkanes of at least 4 members (excludes halogenated alkanes) is 13. The van der Waals surface area contributed by atoms with Gasteiger partial charge in [0, 0.05) is 6.42 Å². The van der Waals surface area contributed by atoms with Crippen molar-refractivity contribution in [3.63, 3.8) is 0 Å². The number of halogens is 1. The average molecular weight is 626 g/mol. The van der Waals surface area contributed by atoms with E-state index < -0.39 is 43.3 Å². The fourth-order valence-electron chi connectivity index (χ4n) is 4.62. The first-order valence-corrected chi connectivity index (χ1v) is 16.8. The van der Waals surface area contributed by atoms with Gasteiger partial charge >= 0.3 is 13.5 Å². The van der Waals surface area contributed by atoms with E-state index in [4.69, 9.17) is 23.3 Å². The second-order valence-electron chi connectivity index (χ2n) is 10.6. The molecule has 1 saturated heterocycles. The molecular weight excluding hydrogens is 572 g/mol. The molecule has 0 saturated carbocycles. The number of ether oxygens (including phenoxy) is 1. The molecule has 0 amide bonds. The van der Waals surface area contributed by atoms with Crippen molar-refractivity contribution in [1.29, 1.82) is 0 Å². The normalized spacial score (nSPS) is 20.0. The number of hydrogen-bond acceptors (Lipinski definition) is 10. The molecular formula is C28H53FN3O9P. The smallest absolute Gasteiger partial charge is 0.390 e. The lowest BCUT2D eigenvalue weighted by Gasteiger charge is -2.20. The first-order chi connectivity index (χ1) is 19.8. The summed E-state index contributed by atoms with van der Waals surface area (Å²) in [6.45, 7) is 4.01. The molecule has 2 rings (SSSR count). The summed E-state index contributed by atoms with van der Waals surface area (Å²) in [5, 5.41) is 10.3. The van der Waals surface area contributed by atoms with Gasteiger partial charge in [0.05, 0.1) is 32.1 Å². The summed E-state index contributed by atoms with van der Waals surface area (Å²) in [5.41, 5.74) is -2.03. The Bertz CT molecular complexity index is 1010. The highest BCUT2D eigenvalue weighted by Crippen LogP contribution is 2.50. The number of aromatic nitrogens is 2. The fraction of sp³-hybridized carbons (Fsp3) is 0.857. The van der Waals surface area contributed by atoms with Gasteiger partial charge < -0.3 is 16.0 Å². The number of H-pyrrole nitrogens is 1. The van der Waals surface area contributed by atoms with Crippen molar-refractivity contribution in [3.05, 3.63) is 32.9 Å². The Kier molecular flexibility index (Phi) is 20.3. The molecule has 1 aromatic heterocycles. The molecule has 0 aromatic carbocycles. The van der Waals surface area contributed by atoms with E-state index in [-0.39, 0.29) is 32.4 Å². The van der Waals surface area contributed by atoms with Crippen LogP contribution in [0.1, 0.15) is 123 Å². The molecule has 1 fully saturated rings. The number of aliphatic hydroxyl groups excluding tert-OH is 1. The van der Waals surface area contributed by atoms with Gasteiger partial charge in [-0.15, -0.1) is 4.67 Å². The molecule has 14 heteroatoms. The largest absolute Gasteiger partial charge is 0.502 e. The first-order valence-electron chi connectivity index (χ1n) is 15.3. The quantitative estimate of drug-likeness (QED) is 0.0500. The SMILES string of the molecule is CCCCCCCCCCCCCCCCOOP(=O)(OCCC)OCC1OC(n2cc(F)c(=O)[nH]c2=O)CC1O.N. The predicted molar refractivity (Wildman–Crippen MR) is 158 cm³/mol. The zero-order valence-corrected chi connectivity index (χ0v) is 26.3. The highest BCUT2D eigenvalue weighted by molar-refractivity contribution is 7.48. The fourth-order valence-corrected chi connectivity index (χ4v) is 5.72. The van der Waals surface area contributed by atoms with Gasteiger partial charge in [-0.2, -0.15) is 4.39 Å². The van der Waals surface area contributed by atoms with Crippen LogP contribution < -0.4 is 17.4 Å². The number of nitrogens with one attached hydrogen (secondary N) is 1. The van der Waals surface area contributed by atoms with E-state index in [1.807, 2.05) is 11.9 Å². The van der Waals surface area contributed by atoms with E-state index in [9.17, 15) is 23.7 Å². The van der Waals surface area contributed by atoms with Crippen molar-refractivity contribution in [1.82, 2.24) is 15.7 Å². The zero-order valence-electron chi connectivity index (χ0n) is 25.4. The van der Waals surface area contributed by atoms with Crippen LogP contribution in [0.2, 0.25) is 0 Å². The van der Waals surface area contributed by atoms with E-state index in [1.165, 1.54) is 70.6 Å². The summed E-state index contributed by atoms with van der Waals surface area (Å²) in [6, 6.07) is 0. The van der Waals surface area contributed by atoms with Gasteiger partial charge in [-0.3, -0.25) is 23.4 Å². The number of phosphoric ester groups is 1. The predicted octanol–water partition coefficient (Wildman–Crippen LogP) is 6.47. The van der Waals surface area contributed by atoms with Gasteiger partial charge in [-0.05, 0) is 12.8 Å².